The topological polar surface area (TPSA) is 82.1 Å². The Bertz CT molecular complexity index is 462. The predicted molar refractivity (Wildman–Crippen MR) is 67.3 cm³/mol. The molecule has 90 valence electrons. The molecule has 1 aromatic rings. The molecule has 0 fully saturated rings. The normalized spacial score (nSPS) is 11.4. The summed E-state index contributed by atoms with van der Waals surface area (Å²) in [5.41, 5.74) is 7.16. The number of nitrogens with one attached hydrogen (secondary N) is 1. The highest BCUT2D eigenvalue weighted by atomic mass is 16.2. The van der Waals surface area contributed by atoms with Gasteiger partial charge in [-0.1, -0.05) is 0 Å². The molecule has 0 spiro atoms. The van der Waals surface area contributed by atoms with Gasteiger partial charge >= 0.3 is 0 Å². The first-order valence-electron chi connectivity index (χ1n) is 5.23. The summed E-state index contributed by atoms with van der Waals surface area (Å²) in [5.74, 6) is -0.0503. The number of carbonyl (C=O) groups is 1. The van der Waals surface area contributed by atoms with Crippen molar-refractivity contribution in [1.82, 2.24) is 4.90 Å². The molecule has 0 radical (unpaired) electrons. The van der Waals surface area contributed by atoms with Crippen LogP contribution in [-0.4, -0.2) is 30.9 Å². The van der Waals surface area contributed by atoms with Crippen LogP contribution in [0.5, 0.6) is 0 Å². The van der Waals surface area contributed by atoms with Crippen molar-refractivity contribution in [2.45, 2.75) is 13.0 Å². The van der Waals surface area contributed by atoms with Crippen LogP contribution in [0.3, 0.4) is 0 Å². The van der Waals surface area contributed by atoms with Crippen molar-refractivity contribution in [3.8, 4) is 6.07 Å². The Hall–Kier alpha value is -2.22. The van der Waals surface area contributed by atoms with E-state index in [-0.39, 0.29) is 11.9 Å². The summed E-state index contributed by atoms with van der Waals surface area (Å²) in [6.45, 7) is 1.75. The highest BCUT2D eigenvalue weighted by Gasteiger charge is 2.15. The van der Waals surface area contributed by atoms with Gasteiger partial charge in [0, 0.05) is 19.8 Å². The zero-order valence-corrected chi connectivity index (χ0v) is 10.2. The molecule has 1 rings (SSSR count). The van der Waals surface area contributed by atoms with E-state index in [0.29, 0.717) is 16.9 Å². The molecule has 1 atom stereocenters. The lowest BCUT2D eigenvalue weighted by atomic mass is 10.1. The number of nitriles is 1. The third-order valence-electron chi connectivity index (χ3n) is 2.35. The van der Waals surface area contributed by atoms with Crippen molar-refractivity contribution in [3.05, 3.63) is 23.8 Å². The second-order valence-electron chi connectivity index (χ2n) is 4.02. The standard InChI is InChI=1S/C12H16N4O/c1-8(12(17)16(2)3)15-11-5-4-10(14)6-9(11)7-13/h4-6,8,15H,14H2,1-3H3. The summed E-state index contributed by atoms with van der Waals surface area (Å²) in [6, 6.07) is 6.63. The van der Waals surface area contributed by atoms with Crippen molar-refractivity contribution in [1.29, 1.82) is 5.26 Å². The SMILES string of the molecule is CC(Nc1ccc(N)cc1C#N)C(=O)N(C)C. The summed E-state index contributed by atoms with van der Waals surface area (Å²) in [7, 11) is 3.38. The fourth-order valence-electron chi connectivity index (χ4n) is 1.46. The lowest BCUT2D eigenvalue weighted by Gasteiger charge is -2.19. The second kappa shape index (κ2) is 5.21. The van der Waals surface area contributed by atoms with Gasteiger partial charge in [-0.25, -0.2) is 0 Å². The van der Waals surface area contributed by atoms with Gasteiger partial charge in [0.2, 0.25) is 5.91 Å². The fraction of sp³-hybridized carbons (Fsp3) is 0.333. The van der Waals surface area contributed by atoms with Crippen LogP contribution in [0.15, 0.2) is 18.2 Å². The van der Waals surface area contributed by atoms with Crippen molar-refractivity contribution < 1.29 is 4.79 Å². The van der Waals surface area contributed by atoms with Gasteiger partial charge in [0.25, 0.3) is 0 Å². The molecule has 0 saturated heterocycles. The Balaban J connectivity index is 2.89. The Kier molecular flexibility index (Phi) is 3.94. The van der Waals surface area contributed by atoms with Crippen LogP contribution in [0, 0.1) is 11.3 Å². The maximum absolute atomic E-state index is 11.7. The Morgan fingerprint density at radius 3 is 2.71 bits per heavy atom. The number of nitrogens with two attached hydrogens (primary N) is 1. The molecule has 0 heterocycles. The molecule has 5 heteroatoms. The van der Waals surface area contributed by atoms with E-state index in [9.17, 15) is 4.79 Å². The van der Waals surface area contributed by atoms with Crippen LogP contribution in [0.25, 0.3) is 0 Å². The van der Waals surface area contributed by atoms with Crippen LogP contribution >= 0.6 is 0 Å². The zero-order valence-electron chi connectivity index (χ0n) is 10.2. The van der Waals surface area contributed by atoms with Gasteiger partial charge in [-0.2, -0.15) is 5.26 Å². The van der Waals surface area contributed by atoms with E-state index >= 15 is 0 Å². The van der Waals surface area contributed by atoms with Gasteiger partial charge in [0.1, 0.15) is 12.1 Å². The number of nitrogen functional groups attached to an aromatic ring is 1. The molecule has 0 aliphatic carbocycles. The number of rotatable bonds is 3. The molecule has 5 nitrogen and oxygen atoms in total. The maximum atomic E-state index is 11.7. The Morgan fingerprint density at radius 1 is 1.53 bits per heavy atom. The summed E-state index contributed by atoms with van der Waals surface area (Å²) < 4.78 is 0. The number of anilines is 2. The number of likely N-dealkylation sites (N-methyl/N-ethyl adjacent to an activating group) is 1. The van der Waals surface area contributed by atoms with Crippen LogP contribution in [0.4, 0.5) is 11.4 Å². The first kappa shape index (κ1) is 12.8. The molecule has 0 aromatic heterocycles. The average molecular weight is 232 g/mol. The first-order valence-corrected chi connectivity index (χ1v) is 5.23. The van der Waals surface area contributed by atoms with Crippen molar-refractivity contribution in [3.63, 3.8) is 0 Å². The number of carbonyl (C=O) groups excluding carboxylic acids is 1. The van der Waals surface area contributed by atoms with E-state index in [4.69, 9.17) is 11.0 Å². The van der Waals surface area contributed by atoms with Gasteiger partial charge in [-0.15, -0.1) is 0 Å². The van der Waals surface area contributed by atoms with Gasteiger partial charge in [-0.05, 0) is 25.1 Å². The number of hydrogen-bond donors (Lipinski definition) is 2. The minimum atomic E-state index is -0.388. The maximum Gasteiger partial charge on any atom is 0.244 e. The van der Waals surface area contributed by atoms with Crippen LogP contribution in [-0.2, 0) is 4.79 Å². The minimum Gasteiger partial charge on any atom is -0.399 e. The number of hydrogen-bond acceptors (Lipinski definition) is 4. The van der Waals surface area contributed by atoms with E-state index in [1.165, 1.54) is 4.90 Å². The van der Waals surface area contributed by atoms with Crippen LogP contribution < -0.4 is 11.1 Å². The molecule has 1 aromatic carbocycles. The first-order chi connectivity index (χ1) is 7.95. The minimum absolute atomic E-state index is 0.0503. The summed E-state index contributed by atoms with van der Waals surface area (Å²) in [4.78, 5) is 13.2. The van der Waals surface area contributed by atoms with Gasteiger partial charge in [0.05, 0.1) is 11.3 Å². The third kappa shape index (κ3) is 3.11. The zero-order chi connectivity index (χ0) is 13.0. The highest BCUT2D eigenvalue weighted by Crippen LogP contribution is 2.18. The number of nitrogens with zero attached hydrogens (tertiary/aromatic N) is 2. The quantitative estimate of drug-likeness (QED) is 0.762. The lowest BCUT2D eigenvalue weighted by Crippen LogP contribution is -2.36. The fourth-order valence-corrected chi connectivity index (χ4v) is 1.46. The summed E-state index contributed by atoms with van der Waals surface area (Å²) >= 11 is 0. The van der Waals surface area contributed by atoms with E-state index in [0.717, 1.165) is 0 Å². The van der Waals surface area contributed by atoms with E-state index in [2.05, 4.69) is 5.32 Å². The molecule has 17 heavy (non-hydrogen) atoms. The number of amides is 1. The van der Waals surface area contributed by atoms with E-state index in [1.807, 2.05) is 6.07 Å². The van der Waals surface area contributed by atoms with Crippen molar-refractivity contribution in [2.24, 2.45) is 0 Å². The summed E-state index contributed by atoms with van der Waals surface area (Å²) in [6.07, 6.45) is 0. The number of benzene rings is 1. The van der Waals surface area contributed by atoms with Gasteiger partial charge in [0.15, 0.2) is 0 Å². The van der Waals surface area contributed by atoms with Crippen LogP contribution in [0.1, 0.15) is 12.5 Å². The Labute approximate surface area is 101 Å². The highest BCUT2D eigenvalue weighted by molar-refractivity contribution is 5.84. The predicted octanol–water partition coefficient (Wildman–Crippen LogP) is 1.03. The molecule has 0 bridgehead atoms. The van der Waals surface area contributed by atoms with Crippen LogP contribution in [0.2, 0.25) is 0 Å². The molecular formula is C12H16N4O. The molecule has 0 aliphatic heterocycles. The van der Waals surface area contributed by atoms with Gasteiger partial charge < -0.3 is 16.0 Å². The van der Waals surface area contributed by atoms with Crippen molar-refractivity contribution in [2.75, 3.05) is 25.1 Å². The lowest BCUT2D eigenvalue weighted by molar-refractivity contribution is -0.129. The molecule has 1 amide bonds. The molecule has 3 N–H and O–H groups in total. The van der Waals surface area contributed by atoms with Crippen molar-refractivity contribution >= 4 is 17.3 Å². The second-order valence-corrected chi connectivity index (χ2v) is 4.02. The van der Waals surface area contributed by atoms with E-state index in [1.54, 1.807) is 39.2 Å². The smallest absolute Gasteiger partial charge is 0.244 e. The molecular weight excluding hydrogens is 216 g/mol. The molecule has 0 aliphatic rings. The van der Waals surface area contributed by atoms with E-state index < -0.39 is 0 Å². The third-order valence-corrected chi connectivity index (χ3v) is 2.35. The Morgan fingerprint density at radius 2 is 2.18 bits per heavy atom. The largest absolute Gasteiger partial charge is 0.399 e. The molecule has 0 saturated carbocycles. The monoisotopic (exact) mass is 232 g/mol. The molecule has 1 unspecified atom stereocenters. The van der Waals surface area contributed by atoms with Gasteiger partial charge in [-0.3, -0.25) is 4.79 Å². The summed E-state index contributed by atoms with van der Waals surface area (Å²) in [5, 5.41) is 12.0. The average Bonchev–Trinajstić information content (AvgIpc) is 2.30.